The zero-order valence-corrected chi connectivity index (χ0v) is 17.4. The molecule has 0 saturated carbocycles. The molecule has 7 nitrogen and oxygen atoms in total. The third kappa shape index (κ3) is 7.24. The molecule has 0 radical (unpaired) electrons. The van der Waals surface area contributed by atoms with Gasteiger partial charge in [0.1, 0.15) is 11.5 Å². The van der Waals surface area contributed by atoms with Crippen LogP contribution in [-0.2, 0) is 27.0 Å². The lowest BCUT2D eigenvalue weighted by Crippen LogP contribution is -2.25. The summed E-state index contributed by atoms with van der Waals surface area (Å²) in [6, 6.07) is 12.2. The Morgan fingerprint density at radius 2 is 1.83 bits per heavy atom. The number of sulfonamides is 1. The van der Waals surface area contributed by atoms with Gasteiger partial charge in [-0.1, -0.05) is 18.2 Å². The molecule has 29 heavy (non-hydrogen) atoms. The highest BCUT2D eigenvalue weighted by molar-refractivity contribution is 7.88. The first kappa shape index (κ1) is 22.4. The second kappa shape index (κ2) is 10.6. The van der Waals surface area contributed by atoms with Crippen molar-refractivity contribution in [3.63, 3.8) is 0 Å². The SMILES string of the molecule is C=CCNS(=O)(=O)Cc1ccc(NC(=O)CCc2cc(OC)ccc2OC)cc1. The van der Waals surface area contributed by atoms with Crippen LogP contribution in [0, 0.1) is 0 Å². The van der Waals surface area contributed by atoms with Crippen LogP contribution in [0.4, 0.5) is 5.69 Å². The number of benzene rings is 2. The minimum atomic E-state index is -3.42. The summed E-state index contributed by atoms with van der Waals surface area (Å²) in [5.41, 5.74) is 2.11. The Morgan fingerprint density at radius 1 is 1.10 bits per heavy atom. The molecule has 0 aromatic heterocycles. The number of rotatable bonds is 11. The highest BCUT2D eigenvalue weighted by Crippen LogP contribution is 2.25. The number of hydrogen-bond donors (Lipinski definition) is 2. The second-order valence-electron chi connectivity index (χ2n) is 6.32. The highest BCUT2D eigenvalue weighted by Gasteiger charge is 2.11. The molecule has 0 heterocycles. The van der Waals surface area contributed by atoms with Crippen molar-refractivity contribution < 1.29 is 22.7 Å². The number of methoxy groups -OCH3 is 2. The Labute approximate surface area is 171 Å². The number of carbonyl (C=O) groups is 1. The molecule has 8 heteroatoms. The molecule has 1 amide bonds. The normalized spacial score (nSPS) is 11.0. The topological polar surface area (TPSA) is 93.7 Å². The molecule has 0 spiro atoms. The first-order valence-electron chi connectivity index (χ1n) is 9.05. The van der Waals surface area contributed by atoms with E-state index in [-0.39, 0.29) is 24.6 Å². The molecule has 0 bridgehead atoms. The van der Waals surface area contributed by atoms with Crippen molar-refractivity contribution >= 4 is 21.6 Å². The van der Waals surface area contributed by atoms with Gasteiger partial charge in [-0.3, -0.25) is 4.79 Å². The molecule has 0 unspecified atom stereocenters. The molecule has 2 rings (SSSR count). The van der Waals surface area contributed by atoms with Crippen molar-refractivity contribution in [3.05, 3.63) is 66.2 Å². The standard InChI is InChI=1S/C21H26N2O5S/c1-4-13-22-29(25,26)15-16-5-8-18(9-6-16)23-21(24)12-7-17-14-19(27-2)10-11-20(17)28-3/h4-6,8-11,14,22H,1,7,12-13,15H2,2-3H3,(H,23,24). The summed E-state index contributed by atoms with van der Waals surface area (Å²) < 4.78 is 36.7. The number of amides is 1. The minimum Gasteiger partial charge on any atom is -0.497 e. The predicted octanol–water partition coefficient (Wildman–Crippen LogP) is 2.88. The van der Waals surface area contributed by atoms with Crippen LogP contribution in [0.2, 0.25) is 0 Å². The summed E-state index contributed by atoms with van der Waals surface area (Å²) in [6.45, 7) is 3.67. The third-order valence-electron chi connectivity index (χ3n) is 4.15. The maximum atomic E-state index is 12.3. The fourth-order valence-corrected chi connectivity index (χ4v) is 3.79. The number of nitrogens with one attached hydrogen (secondary N) is 2. The molecule has 0 fully saturated rings. The lowest BCUT2D eigenvalue weighted by Gasteiger charge is -2.11. The predicted molar refractivity (Wildman–Crippen MR) is 114 cm³/mol. The van der Waals surface area contributed by atoms with Gasteiger partial charge in [-0.15, -0.1) is 6.58 Å². The van der Waals surface area contributed by atoms with Crippen LogP contribution in [0.25, 0.3) is 0 Å². The Hall–Kier alpha value is -2.84. The van der Waals surface area contributed by atoms with Crippen LogP contribution in [0.1, 0.15) is 17.5 Å². The molecule has 2 aromatic rings. The highest BCUT2D eigenvalue weighted by atomic mass is 32.2. The van der Waals surface area contributed by atoms with Crippen molar-refractivity contribution in [3.8, 4) is 11.5 Å². The van der Waals surface area contributed by atoms with Gasteiger partial charge in [0.15, 0.2) is 0 Å². The van der Waals surface area contributed by atoms with E-state index in [0.29, 0.717) is 29.2 Å². The van der Waals surface area contributed by atoms with E-state index in [9.17, 15) is 13.2 Å². The minimum absolute atomic E-state index is 0.134. The van der Waals surface area contributed by atoms with Crippen molar-refractivity contribution in [1.82, 2.24) is 4.72 Å². The van der Waals surface area contributed by atoms with E-state index >= 15 is 0 Å². The zero-order chi connectivity index (χ0) is 21.3. The summed E-state index contributed by atoms with van der Waals surface area (Å²) in [7, 11) is -0.246. The largest absolute Gasteiger partial charge is 0.497 e. The lowest BCUT2D eigenvalue weighted by atomic mass is 10.1. The summed E-state index contributed by atoms with van der Waals surface area (Å²) in [5, 5.41) is 2.81. The number of anilines is 1. The lowest BCUT2D eigenvalue weighted by molar-refractivity contribution is -0.116. The molecule has 156 valence electrons. The Bertz CT molecular complexity index is 940. The van der Waals surface area contributed by atoms with Gasteiger partial charge in [0, 0.05) is 18.7 Å². The molecule has 0 aliphatic rings. The summed E-state index contributed by atoms with van der Waals surface area (Å²) in [5.74, 6) is 1.12. The van der Waals surface area contributed by atoms with Gasteiger partial charge >= 0.3 is 0 Å². The van der Waals surface area contributed by atoms with Crippen molar-refractivity contribution in [2.75, 3.05) is 26.1 Å². The fraction of sp³-hybridized carbons (Fsp3) is 0.286. The van der Waals surface area contributed by atoms with E-state index in [2.05, 4.69) is 16.6 Å². The molecular formula is C21H26N2O5S. The summed E-state index contributed by atoms with van der Waals surface area (Å²) in [4.78, 5) is 12.3. The van der Waals surface area contributed by atoms with E-state index in [0.717, 1.165) is 5.56 Å². The Morgan fingerprint density at radius 3 is 2.45 bits per heavy atom. The Balaban J connectivity index is 1.92. The number of hydrogen-bond acceptors (Lipinski definition) is 5. The van der Waals surface area contributed by atoms with Crippen LogP contribution in [0.15, 0.2) is 55.1 Å². The van der Waals surface area contributed by atoms with E-state index in [1.807, 2.05) is 12.1 Å². The maximum absolute atomic E-state index is 12.3. The van der Waals surface area contributed by atoms with E-state index in [1.165, 1.54) is 6.08 Å². The molecule has 2 aromatic carbocycles. The number of ether oxygens (including phenoxy) is 2. The van der Waals surface area contributed by atoms with Gasteiger partial charge in [-0.2, -0.15) is 0 Å². The first-order chi connectivity index (χ1) is 13.9. The molecule has 0 atom stereocenters. The number of carbonyl (C=O) groups excluding carboxylic acids is 1. The average Bonchev–Trinajstić information content (AvgIpc) is 2.71. The smallest absolute Gasteiger partial charge is 0.224 e. The van der Waals surface area contributed by atoms with Gasteiger partial charge in [0.25, 0.3) is 0 Å². The summed E-state index contributed by atoms with van der Waals surface area (Å²) in [6.07, 6.45) is 2.25. The van der Waals surface area contributed by atoms with Gasteiger partial charge in [-0.05, 0) is 47.9 Å². The maximum Gasteiger partial charge on any atom is 0.224 e. The van der Waals surface area contributed by atoms with Crippen molar-refractivity contribution in [2.24, 2.45) is 0 Å². The van der Waals surface area contributed by atoms with E-state index < -0.39 is 10.0 Å². The van der Waals surface area contributed by atoms with Crippen LogP contribution in [-0.4, -0.2) is 35.1 Å². The van der Waals surface area contributed by atoms with Crippen LogP contribution in [0.5, 0.6) is 11.5 Å². The molecule has 2 N–H and O–H groups in total. The monoisotopic (exact) mass is 418 g/mol. The molecule has 0 saturated heterocycles. The average molecular weight is 419 g/mol. The zero-order valence-electron chi connectivity index (χ0n) is 16.6. The van der Waals surface area contributed by atoms with Crippen LogP contribution >= 0.6 is 0 Å². The van der Waals surface area contributed by atoms with E-state index in [1.54, 1.807) is 44.6 Å². The third-order valence-corrected chi connectivity index (χ3v) is 5.47. The second-order valence-corrected chi connectivity index (χ2v) is 8.13. The van der Waals surface area contributed by atoms with Crippen molar-refractivity contribution in [2.45, 2.75) is 18.6 Å². The number of aryl methyl sites for hydroxylation is 1. The van der Waals surface area contributed by atoms with Gasteiger partial charge in [-0.25, -0.2) is 13.1 Å². The van der Waals surface area contributed by atoms with Gasteiger partial charge in [0.2, 0.25) is 15.9 Å². The van der Waals surface area contributed by atoms with Crippen LogP contribution in [0.3, 0.4) is 0 Å². The first-order valence-corrected chi connectivity index (χ1v) is 10.7. The van der Waals surface area contributed by atoms with Crippen LogP contribution < -0.4 is 19.5 Å². The van der Waals surface area contributed by atoms with Crippen molar-refractivity contribution in [1.29, 1.82) is 0 Å². The van der Waals surface area contributed by atoms with Gasteiger partial charge in [0.05, 0.1) is 20.0 Å². The quantitative estimate of drug-likeness (QED) is 0.547. The molecule has 0 aliphatic carbocycles. The molecule has 0 aliphatic heterocycles. The Kier molecular flexibility index (Phi) is 8.23. The fourth-order valence-electron chi connectivity index (χ4n) is 2.69. The molecular weight excluding hydrogens is 392 g/mol. The summed E-state index contributed by atoms with van der Waals surface area (Å²) >= 11 is 0. The van der Waals surface area contributed by atoms with Gasteiger partial charge < -0.3 is 14.8 Å². The van der Waals surface area contributed by atoms with E-state index in [4.69, 9.17) is 9.47 Å².